The van der Waals surface area contributed by atoms with Crippen LogP contribution < -0.4 is 10.5 Å². The zero-order chi connectivity index (χ0) is 15.2. The summed E-state index contributed by atoms with van der Waals surface area (Å²) in [6.07, 6.45) is 0. The van der Waals surface area contributed by atoms with Crippen molar-refractivity contribution in [1.82, 2.24) is 0 Å². The van der Waals surface area contributed by atoms with Crippen molar-refractivity contribution < 1.29 is 9.47 Å². The van der Waals surface area contributed by atoms with E-state index in [2.05, 4.69) is 0 Å². The Morgan fingerprint density at radius 1 is 1.10 bits per heavy atom. The SMILES string of the molecule is COc1ccc(COCc2ccc(Cl)cc2)cc1C(=N)N. The number of hydrogen-bond donors (Lipinski definition) is 2. The molecule has 0 bridgehead atoms. The summed E-state index contributed by atoms with van der Waals surface area (Å²) in [6.45, 7) is 0.936. The summed E-state index contributed by atoms with van der Waals surface area (Å²) in [5.41, 5.74) is 8.11. The lowest BCUT2D eigenvalue weighted by Gasteiger charge is -2.10. The van der Waals surface area contributed by atoms with Gasteiger partial charge >= 0.3 is 0 Å². The topological polar surface area (TPSA) is 68.3 Å². The third-order valence-corrected chi connectivity index (χ3v) is 3.26. The summed E-state index contributed by atoms with van der Waals surface area (Å²) in [6, 6.07) is 13.0. The second-order valence-electron chi connectivity index (χ2n) is 4.57. The molecule has 0 spiro atoms. The fourth-order valence-electron chi connectivity index (χ4n) is 1.92. The highest BCUT2D eigenvalue weighted by Crippen LogP contribution is 2.20. The van der Waals surface area contributed by atoms with Gasteiger partial charge in [-0.2, -0.15) is 0 Å². The van der Waals surface area contributed by atoms with Crippen molar-refractivity contribution in [2.75, 3.05) is 7.11 Å². The third-order valence-electron chi connectivity index (χ3n) is 3.00. The Morgan fingerprint density at radius 2 is 1.71 bits per heavy atom. The second kappa shape index (κ2) is 7.11. The predicted molar refractivity (Wildman–Crippen MR) is 84.0 cm³/mol. The molecule has 0 fully saturated rings. The average Bonchev–Trinajstić information content (AvgIpc) is 2.49. The maximum Gasteiger partial charge on any atom is 0.129 e. The van der Waals surface area contributed by atoms with Crippen molar-refractivity contribution in [3.8, 4) is 5.75 Å². The Balaban J connectivity index is 1.98. The first-order valence-corrected chi connectivity index (χ1v) is 6.81. The predicted octanol–water partition coefficient (Wildman–Crippen LogP) is 3.35. The van der Waals surface area contributed by atoms with Gasteiger partial charge < -0.3 is 15.2 Å². The number of halogens is 1. The van der Waals surface area contributed by atoms with Crippen LogP contribution in [0.5, 0.6) is 5.75 Å². The fourth-order valence-corrected chi connectivity index (χ4v) is 2.05. The first-order valence-electron chi connectivity index (χ1n) is 6.43. The van der Waals surface area contributed by atoms with E-state index in [0.717, 1.165) is 11.1 Å². The molecule has 3 N–H and O–H groups in total. The molecule has 0 amide bonds. The lowest BCUT2D eigenvalue weighted by atomic mass is 10.1. The molecule has 0 aliphatic heterocycles. The van der Waals surface area contributed by atoms with Crippen molar-refractivity contribution in [3.05, 3.63) is 64.2 Å². The van der Waals surface area contributed by atoms with Crippen LogP contribution in [0.4, 0.5) is 0 Å². The first-order chi connectivity index (χ1) is 10.1. The molecule has 0 radical (unpaired) electrons. The molecule has 21 heavy (non-hydrogen) atoms. The van der Waals surface area contributed by atoms with Crippen LogP contribution in [0.1, 0.15) is 16.7 Å². The molecule has 2 aromatic rings. The van der Waals surface area contributed by atoms with Crippen molar-refractivity contribution >= 4 is 17.4 Å². The number of methoxy groups -OCH3 is 1. The van der Waals surface area contributed by atoms with Gasteiger partial charge in [-0.25, -0.2) is 0 Å². The summed E-state index contributed by atoms with van der Waals surface area (Å²) in [4.78, 5) is 0. The highest BCUT2D eigenvalue weighted by molar-refractivity contribution is 6.30. The van der Waals surface area contributed by atoms with Gasteiger partial charge in [-0.05, 0) is 35.4 Å². The van der Waals surface area contributed by atoms with E-state index >= 15 is 0 Å². The Hall–Kier alpha value is -2.04. The third kappa shape index (κ3) is 4.21. The average molecular weight is 305 g/mol. The number of nitrogens with one attached hydrogen (secondary N) is 1. The zero-order valence-electron chi connectivity index (χ0n) is 11.7. The fraction of sp³-hybridized carbons (Fsp3) is 0.188. The molecule has 0 aromatic heterocycles. The largest absolute Gasteiger partial charge is 0.496 e. The molecule has 0 unspecified atom stereocenters. The van der Waals surface area contributed by atoms with E-state index in [4.69, 9.17) is 32.2 Å². The highest BCUT2D eigenvalue weighted by Gasteiger charge is 2.07. The van der Waals surface area contributed by atoms with Gasteiger partial charge in [-0.3, -0.25) is 5.41 Å². The van der Waals surface area contributed by atoms with Gasteiger partial charge in [0.15, 0.2) is 0 Å². The number of hydrogen-bond acceptors (Lipinski definition) is 3. The molecule has 0 aliphatic rings. The molecule has 0 heterocycles. The van der Waals surface area contributed by atoms with Crippen LogP contribution in [0.2, 0.25) is 5.02 Å². The lowest BCUT2D eigenvalue weighted by molar-refractivity contribution is 0.107. The van der Waals surface area contributed by atoms with Crippen LogP contribution >= 0.6 is 11.6 Å². The minimum Gasteiger partial charge on any atom is -0.496 e. The number of amidine groups is 1. The van der Waals surface area contributed by atoms with E-state index in [1.165, 1.54) is 0 Å². The first kappa shape index (κ1) is 15.4. The van der Waals surface area contributed by atoms with Crippen LogP contribution in [0.3, 0.4) is 0 Å². The molecule has 2 rings (SSSR count). The number of benzene rings is 2. The van der Waals surface area contributed by atoms with Crippen LogP contribution in [-0.2, 0) is 18.0 Å². The lowest BCUT2D eigenvalue weighted by Crippen LogP contribution is -2.13. The van der Waals surface area contributed by atoms with E-state index in [0.29, 0.717) is 29.5 Å². The molecule has 110 valence electrons. The Bertz CT molecular complexity index is 627. The van der Waals surface area contributed by atoms with E-state index in [1.807, 2.05) is 36.4 Å². The second-order valence-corrected chi connectivity index (χ2v) is 5.00. The summed E-state index contributed by atoms with van der Waals surface area (Å²) in [5, 5.41) is 8.26. The van der Waals surface area contributed by atoms with E-state index in [1.54, 1.807) is 13.2 Å². The standard InChI is InChI=1S/C16H17ClN2O2/c1-20-15-7-4-12(8-14(15)16(18)19)10-21-9-11-2-5-13(17)6-3-11/h2-8H,9-10H2,1H3,(H3,18,19). The van der Waals surface area contributed by atoms with Crippen LogP contribution in [0.15, 0.2) is 42.5 Å². The molecular weight excluding hydrogens is 288 g/mol. The number of rotatable bonds is 6. The summed E-state index contributed by atoms with van der Waals surface area (Å²) < 4.78 is 10.8. The van der Waals surface area contributed by atoms with Gasteiger partial charge in [-0.1, -0.05) is 29.8 Å². The zero-order valence-corrected chi connectivity index (χ0v) is 12.5. The summed E-state index contributed by atoms with van der Waals surface area (Å²) >= 11 is 5.83. The van der Waals surface area contributed by atoms with Gasteiger partial charge in [0.1, 0.15) is 11.6 Å². The number of nitrogens with two attached hydrogens (primary N) is 1. The van der Waals surface area contributed by atoms with E-state index in [-0.39, 0.29) is 5.84 Å². The van der Waals surface area contributed by atoms with Crippen LogP contribution in [0, 0.1) is 5.41 Å². The molecule has 4 nitrogen and oxygen atoms in total. The van der Waals surface area contributed by atoms with Gasteiger partial charge in [0.25, 0.3) is 0 Å². The monoisotopic (exact) mass is 304 g/mol. The van der Waals surface area contributed by atoms with Crippen molar-refractivity contribution in [1.29, 1.82) is 5.41 Å². The van der Waals surface area contributed by atoms with Gasteiger partial charge in [-0.15, -0.1) is 0 Å². The van der Waals surface area contributed by atoms with Gasteiger partial charge in [0.2, 0.25) is 0 Å². The van der Waals surface area contributed by atoms with E-state index in [9.17, 15) is 0 Å². The highest BCUT2D eigenvalue weighted by atomic mass is 35.5. The molecule has 0 saturated carbocycles. The van der Waals surface area contributed by atoms with Crippen LogP contribution in [0.25, 0.3) is 0 Å². The molecule has 5 heteroatoms. The minimum absolute atomic E-state index is 0.0219. The van der Waals surface area contributed by atoms with E-state index < -0.39 is 0 Å². The minimum atomic E-state index is -0.0219. The van der Waals surface area contributed by atoms with Crippen molar-refractivity contribution in [2.24, 2.45) is 5.73 Å². The number of nitrogen functional groups attached to an aromatic ring is 1. The Kier molecular flexibility index (Phi) is 5.20. The Labute approximate surface area is 129 Å². The molecule has 0 atom stereocenters. The molecule has 0 aliphatic carbocycles. The molecule has 2 aromatic carbocycles. The van der Waals surface area contributed by atoms with Crippen molar-refractivity contribution in [2.45, 2.75) is 13.2 Å². The Morgan fingerprint density at radius 3 is 2.33 bits per heavy atom. The van der Waals surface area contributed by atoms with Crippen molar-refractivity contribution in [3.63, 3.8) is 0 Å². The molecular formula is C16H17ClN2O2. The normalized spacial score (nSPS) is 10.4. The van der Waals surface area contributed by atoms with Gasteiger partial charge in [0.05, 0.1) is 25.9 Å². The maximum atomic E-state index is 7.55. The summed E-state index contributed by atoms with van der Waals surface area (Å²) in [7, 11) is 1.55. The van der Waals surface area contributed by atoms with Crippen LogP contribution in [-0.4, -0.2) is 12.9 Å². The maximum absolute atomic E-state index is 7.55. The number of ether oxygens (including phenoxy) is 2. The molecule has 0 saturated heterocycles. The smallest absolute Gasteiger partial charge is 0.129 e. The summed E-state index contributed by atoms with van der Waals surface area (Å²) in [5.74, 6) is 0.565. The van der Waals surface area contributed by atoms with Gasteiger partial charge in [0, 0.05) is 5.02 Å². The quantitative estimate of drug-likeness (QED) is 0.635.